The molecule has 6 nitrogen and oxygen atoms in total. The van der Waals surface area contributed by atoms with Crippen LogP contribution in [0.25, 0.3) is 0 Å². The van der Waals surface area contributed by atoms with Crippen molar-refractivity contribution in [2.24, 2.45) is 0 Å². The number of hydrogen-bond donors (Lipinski definition) is 2. The van der Waals surface area contributed by atoms with Crippen LogP contribution in [0.1, 0.15) is 22.3 Å². The summed E-state index contributed by atoms with van der Waals surface area (Å²) < 4.78 is 10.4. The van der Waals surface area contributed by atoms with Crippen LogP contribution in [0.5, 0.6) is 0 Å². The lowest BCUT2D eigenvalue weighted by molar-refractivity contribution is 0.109. The number of rotatable bonds is 0. The molecule has 0 bridgehead atoms. The van der Waals surface area contributed by atoms with Gasteiger partial charge in [0, 0.05) is 29.9 Å². The molecule has 0 radical (unpaired) electrons. The zero-order chi connectivity index (χ0) is 15.4. The average molecular weight is 302 g/mol. The Morgan fingerprint density at radius 3 is 2.14 bits per heavy atom. The minimum atomic E-state index is -0.0119. The van der Waals surface area contributed by atoms with Gasteiger partial charge in [0.1, 0.15) is 0 Å². The van der Waals surface area contributed by atoms with Gasteiger partial charge in [-0.25, -0.2) is 0 Å². The number of hydrogen-bond acceptors (Lipinski definition) is 4. The molecule has 2 N–H and O–H groups in total. The Balaban J connectivity index is 0.000000131. The topological polar surface area (TPSA) is 84.2 Å². The van der Waals surface area contributed by atoms with Gasteiger partial charge in [0.25, 0.3) is 11.1 Å². The van der Waals surface area contributed by atoms with Crippen LogP contribution in [0.3, 0.4) is 0 Å². The van der Waals surface area contributed by atoms with E-state index in [0.717, 1.165) is 41.7 Å². The van der Waals surface area contributed by atoms with Gasteiger partial charge in [-0.1, -0.05) is 0 Å². The van der Waals surface area contributed by atoms with Crippen LogP contribution in [-0.4, -0.2) is 23.2 Å². The zero-order valence-corrected chi connectivity index (χ0v) is 12.2. The van der Waals surface area contributed by atoms with Crippen molar-refractivity contribution in [2.45, 2.75) is 26.1 Å². The summed E-state index contributed by atoms with van der Waals surface area (Å²) in [4.78, 5) is 27.6. The first-order chi connectivity index (χ1) is 10.8. The molecule has 0 atom stereocenters. The van der Waals surface area contributed by atoms with E-state index in [9.17, 15) is 9.59 Å². The molecule has 0 amide bonds. The third-order valence-electron chi connectivity index (χ3n) is 3.84. The quantitative estimate of drug-likeness (QED) is 0.757. The summed E-state index contributed by atoms with van der Waals surface area (Å²) in [6, 6.07) is 3.84. The lowest BCUT2D eigenvalue weighted by Crippen LogP contribution is -2.21. The highest BCUT2D eigenvalue weighted by molar-refractivity contribution is 5.24. The molecule has 2 aromatic rings. The van der Waals surface area contributed by atoms with Crippen LogP contribution in [0.15, 0.2) is 34.1 Å². The monoisotopic (exact) mass is 302 g/mol. The largest absolute Gasteiger partial charge is 0.376 e. The fourth-order valence-corrected chi connectivity index (χ4v) is 2.62. The van der Waals surface area contributed by atoms with E-state index < -0.39 is 0 Å². The molecule has 0 spiro atoms. The van der Waals surface area contributed by atoms with E-state index >= 15 is 0 Å². The Kier molecular flexibility index (Phi) is 4.50. The average Bonchev–Trinajstić information content (AvgIpc) is 2.57. The van der Waals surface area contributed by atoms with Crippen LogP contribution in [0, 0.1) is 0 Å². The summed E-state index contributed by atoms with van der Waals surface area (Å²) in [5.41, 5.74) is 3.85. The standard InChI is InChI=1S/2C8H9NO2/c10-8-7-2-4-11-5-6(7)1-3-9-8;10-8-7-5-11-4-2-6(7)1-3-9-8/h2*1,3H,2,4-5H2,(H,9,10). The molecular weight excluding hydrogens is 284 g/mol. The number of ether oxygens (including phenoxy) is 2. The Labute approximate surface area is 127 Å². The second-order valence-electron chi connectivity index (χ2n) is 5.23. The SMILES string of the molecule is O=c1[nH]ccc2c1CCOC2.O=c1[nH]ccc2c1COCC2. The molecule has 0 aromatic carbocycles. The van der Waals surface area contributed by atoms with Crippen molar-refractivity contribution in [3.8, 4) is 0 Å². The Bertz CT molecular complexity index is 698. The molecule has 0 unspecified atom stereocenters. The van der Waals surface area contributed by atoms with E-state index in [1.165, 1.54) is 0 Å². The molecule has 0 fully saturated rings. The molecule has 0 saturated heterocycles. The lowest BCUT2D eigenvalue weighted by atomic mass is 10.1. The molecule has 0 aliphatic carbocycles. The summed E-state index contributed by atoms with van der Waals surface area (Å²) in [5, 5.41) is 0. The highest BCUT2D eigenvalue weighted by atomic mass is 16.5. The molecule has 22 heavy (non-hydrogen) atoms. The highest BCUT2D eigenvalue weighted by Crippen LogP contribution is 2.11. The van der Waals surface area contributed by atoms with Crippen molar-refractivity contribution < 1.29 is 9.47 Å². The van der Waals surface area contributed by atoms with E-state index in [1.807, 2.05) is 12.1 Å². The first-order valence-electron chi connectivity index (χ1n) is 7.30. The zero-order valence-electron chi connectivity index (χ0n) is 12.2. The van der Waals surface area contributed by atoms with Crippen molar-refractivity contribution in [2.75, 3.05) is 13.2 Å². The molecule has 116 valence electrons. The van der Waals surface area contributed by atoms with Crippen molar-refractivity contribution in [1.82, 2.24) is 9.97 Å². The maximum absolute atomic E-state index is 11.2. The summed E-state index contributed by atoms with van der Waals surface area (Å²) in [6.45, 7) is 2.45. The Morgan fingerprint density at radius 1 is 0.773 bits per heavy atom. The number of H-pyrrole nitrogens is 2. The molecule has 2 aromatic heterocycles. The van der Waals surface area contributed by atoms with Gasteiger partial charge in [0.05, 0.1) is 26.4 Å². The summed E-state index contributed by atoms with van der Waals surface area (Å²) in [5.74, 6) is 0. The summed E-state index contributed by atoms with van der Waals surface area (Å²) in [6.07, 6.45) is 4.95. The lowest BCUT2D eigenvalue weighted by Gasteiger charge is -2.13. The fraction of sp³-hybridized carbons (Fsp3) is 0.375. The van der Waals surface area contributed by atoms with E-state index in [-0.39, 0.29) is 11.1 Å². The summed E-state index contributed by atoms with van der Waals surface area (Å²) in [7, 11) is 0. The number of nitrogens with one attached hydrogen (secondary N) is 2. The minimum Gasteiger partial charge on any atom is -0.376 e. The van der Waals surface area contributed by atoms with Crippen LogP contribution < -0.4 is 11.1 Å². The van der Waals surface area contributed by atoms with Gasteiger partial charge in [-0.2, -0.15) is 0 Å². The maximum Gasteiger partial charge on any atom is 0.253 e. The van der Waals surface area contributed by atoms with E-state index in [1.54, 1.807) is 12.4 Å². The number of pyridine rings is 2. The van der Waals surface area contributed by atoms with Crippen molar-refractivity contribution in [3.05, 3.63) is 67.5 Å². The van der Waals surface area contributed by atoms with E-state index in [2.05, 4.69) is 9.97 Å². The van der Waals surface area contributed by atoms with Gasteiger partial charge in [-0.3, -0.25) is 9.59 Å². The second kappa shape index (κ2) is 6.72. The minimum absolute atomic E-state index is 0.0119. The highest BCUT2D eigenvalue weighted by Gasteiger charge is 2.11. The summed E-state index contributed by atoms with van der Waals surface area (Å²) >= 11 is 0. The van der Waals surface area contributed by atoms with Crippen molar-refractivity contribution in [3.63, 3.8) is 0 Å². The maximum atomic E-state index is 11.2. The molecule has 0 saturated carbocycles. The van der Waals surface area contributed by atoms with Crippen molar-refractivity contribution in [1.29, 1.82) is 0 Å². The Morgan fingerprint density at radius 2 is 1.41 bits per heavy atom. The predicted molar refractivity (Wildman–Crippen MR) is 80.8 cm³/mol. The van der Waals surface area contributed by atoms with Gasteiger partial charge < -0.3 is 19.4 Å². The normalized spacial score (nSPS) is 16.0. The molecular formula is C16H18N2O4. The Hall–Kier alpha value is -2.18. The predicted octanol–water partition coefficient (Wildman–Crippen LogP) is 0.895. The third kappa shape index (κ3) is 3.18. The number of aromatic amines is 2. The third-order valence-corrected chi connectivity index (χ3v) is 3.84. The van der Waals surface area contributed by atoms with E-state index in [0.29, 0.717) is 19.8 Å². The van der Waals surface area contributed by atoms with Gasteiger partial charge in [0.2, 0.25) is 0 Å². The van der Waals surface area contributed by atoms with Gasteiger partial charge in [-0.05, 0) is 29.7 Å². The fourth-order valence-electron chi connectivity index (χ4n) is 2.62. The van der Waals surface area contributed by atoms with E-state index in [4.69, 9.17) is 9.47 Å². The smallest absolute Gasteiger partial charge is 0.253 e. The number of fused-ring (bicyclic) bond motifs is 2. The molecule has 6 heteroatoms. The molecule has 4 rings (SSSR count). The van der Waals surface area contributed by atoms with Crippen LogP contribution >= 0.6 is 0 Å². The van der Waals surface area contributed by atoms with Crippen LogP contribution in [-0.2, 0) is 35.5 Å². The van der Waals surface area contributed by atoms with Gasteiger partial charge in [-0.15, -0.1) is 0 Å². The van der Waals surface area contributed by atoms with Crippen molar-refractivity contribution >= 4 is 0 Å². The first-order valence-corrected chi connectivity index (χ1v) is 7.30. The first kappa shape index (κ1) is 14.7. The molecule has 2 aliphatic rings. The van der Waals surface area contributed by atoms with Crippen LogP contribution in [0.2, 0.25) is 0 Å². The second-order valence-corrected chi connectivity index (χ2v) is 5.23. The van der Waals surface area contributed by atoms with Crippen LogP contribution in [0.4, 0.5) is 0 Å². The molecule has 2 aliphatic heterocycles. The molecule has 4 heterocycles. The van der Waals surface area contributed by atoms with Gasteiger partial charge in [0.15, 0.2) is 0 Å². The number of aromatic nitrogens is 2. The van der Waals surface area contributed by atoms with Gasteiger partial charge >= 0.3 is 0 Å².